The lowest BCUT2D eigenvalue weighted by Crippen LogP contribution is -2.50. The molecule has 0 aromatic rings. The maximum atomic E-state index is 10.8. The molecule has 0 bridgehead atoms. The molecule has 0 aromatic carbocycles. The standard InChI is InChI=1S/C18H28O/c1-18-9-4-7-15(18)17-14(8-10-18)13-6-3-2-5-12(13)11-16(17)19/h5,13-17,19H,2-4,6-11H2,1H3/t13-,14+,15-,16-,17+,18-/m0/s1. The predicted molar refractivity (Wildman–Crippen MR) is 77.7 cm³/mol. The van der Waals surface area contributed by atoms with Crippen molar-refractivity contribution in [2.75, 3.05) is 0 Å². The monoisotopic (exact) mass is 260 g/mol. The molecular formula is C18H28O. The van der Waals surface area contributed by atoms with E-state index in [1.165, 1.54) is 51.4 Å². The summed E-state index contributed by atoms with van der Waals surface area (Å²) >= 11 is 0. The van der Waals surface area contributed by atoms with Crippen LogP contribution in [0.2, 0.25) is 0 Å². The fraction of sp³-hybridized carbons (Fsp3) is 0.889. The first-order chi connectivity index (χ1) is 9.19. The van der Waals surface area contributed by atoms with Crippen LogP contribution in [0.3, 0.4) is 0 Å². The SMILES string of the molecule is C[C@@]12CCC[C@H]1[C@H]1[C@H](CC2)[C@H]2CCCC=C2C[C@@H]1O. The van der Waals surface area contributed by atoms with Gasteiger partial charge in [-0.1, -0.05) is 25.0 Å². The summed E-state index contributed by atoms with van der Waals surface area (Å²) in [6.07, 6.45) is 14.5. The van der Waals surface area contributed by atoms with E-state index in [2.05, 4.69) is 13.0 Å². The Labute approximate surface area is 117 Å². The summed E-state index contributed by atoms with van der Waals surface area (Å²) < 4.78 is 0. The number of fused-ring (bicyclic) bond motifs is 5. The summed E-state index contributed by atoms with van der Waals surface area (Å²) in [7, 11) is 0. The van der Waals surface area contributed by atoms with Gasteiger partial charge in [0.2, 0.25) is 0 Å². The van der Waals surface area contributed by atoms with E-state index >= 15 is 0 Å². The van der Waals surface area contributed by atoms with E-state index in [9.17, 15) is 5.11 Å². The Hall–Kier alpha value is -0.300. The van der Waals surface area contributed by atoms with Gasteiger partial charge in [0.15, 0.2) is 0 Å². The average Bonchev–Trinajstić information content (AvgIpc) is 2.80. The smallest absolute Gasteiger partial charge is 0.0611 e. The Morgan fingerprint density at radius 2 is 2.05 bits per heavy atom. The van der Waals surface area contributed by atoms with Gasteiger partial charge >= 0.3 is 0 Å². The van der Waals surface area contributed by atoms with Crippen LogP contribution in [0.1, 0.15) is 64.7 Å². The third-order valence-electron chi connectivity index (χ3n) is 7.17. The van der Waals surface area contributed by atoms with Crippen molar-refractivity contribution in [3.8, 4) is 0 Å². The van der Waals surface area contributed by atoms with Gasteiger partial charge in [-0.3, -0.25) is 0 Å². The largest absolute Gasteiger partial charge is 0.392 e. The van der Waals surface area contributed by atoms with Crippen LogP contribution in [0.25, 0.3) is 0 Å². The zero-order valence-electron chi connectivity index (χ0n) is 12.3. The Kier molecular flexibility index (Phi) is 2.85. The highest BCUT2D eigenvalue weighted by atomic mass is 16.3. The Morgan fingerprint density at radius 3 is 2.95 bits per heavy atom. The molecule has 1 heteroatoms. The molecule has 0 unspecified atom stereocenters. The summed E-state index contributed by atoms with van der Waals surface area (Å²) in [5, 5.41) is 10.8. The van der Waals surface area contributed by atoms with Crippen LogP contribution in [0.5, 0.6) is 0 Å². The van der Waals surface area contributed by atoms with Crippen molar-refractivity contribution in [3.05, 3.63) is 11.6 Å². The first-order valence-electron chi connectivity index (χ1n) is 8.56. The quantitative estimate of drug-likeness (QED) is 0.643. The van der Waals surface area contributed by atoms with Gasteiger partial charge in [0.1, 0.15) is 0 Å². The lowest BCUT2D eigenvalue weighted by molar-refractivity contribution is -0.0740. The summed E-state index contributed by atoms with van der Waals surface area (Å²) in [6.45, 7) is 2.51. The molecule has 1 nitrogen and oxygen atoms in total. The van der Waals surface area contributed by atoms with Gasteiger partial charge in [-0.25, -0.2) is 0 Å². The van der Waals surface area contributed by atoms with Crippen molar-refractivity contribution in [1.29, 1.82) is 0 Å². The van der Waals surface area contributed by atoms with Crippen molar-refractivity contribution >= 4 is 0 Å². The molecule has 0 aliphatic heterocycles. The van der Waals surface area contributed by atoms with Crippen LogP contribution in [-0.4, -0.2) is 11.2 Å². The third-order valence-corrected chi connectivity index (χ3v) is 7.17. The van der Waals surface area contributed by atoms with Crippen molar-refractivity contribution < 1.29 is 5.11 Å². The van der Waals surface area contributed by atoms with E-state index in [0.717, 1.165) is 24.2 Å². The molecule has 6 atom stereocenters. The van der Waals surface area contributed by atoms with Gasteiger partial charge in [0.25, 0.3) is 0 Å². The van der Waals surface area contributed by atoms with Gasteiger partial charge in [0.05, 0.1) is 6.10 Å². The van der Waals surface area contributed by atoms with Crippen LogP contribution >= 0.6 is 0 Å². The molecule has 0 spiro atoms. The van der Waals surface area contributed by atoms with E-state index < -0.39 is 0 Å². The van der Waals surface area contributed by atoms with Crippen molar-refractivity contribution in [2.45, 2.75) is 70.8 Å². The zero-order chi connectivity index (χ0) is 13.0. The van der Waals surface area contributed by atoms with Crippen LogP contribution < -0.4 is 0 Å². The molecule has 19 heavy (non-hydrogen) atoms. The van der Waals surface area contributed by atoms with E-state index in [1.54, 1.807) is 5.57 Å². The van der Waals surface area contributed by atoms with Gasteiger partial charge in [-0.05, 0) is 80.5 Å². The minimum Gasteiger partial charge on any atom is -0.392 e. The molecule has 0 heterocycles. The second-order valence-corrected chi connectivity index (χ2v) is 8.02. The number of hydrogen-bond donors (Lipinski definition) is 1. The molecule has 0 saturated heterocycles. The maximum Gasteiger partial charge on any atom is 0.0611 e. The van der Waals surface area contributed by atoms with Crippen LogP contribution in [0.4, 0.5) is 0 Å². The van der Waals surface area contributed by atoms with Crippen LogP contribution in [-0.2, 0) is 0 Å². The molecular weight excluding hydrogens is 232 g/mol. The predicted octanol–water partition coefficient (Wildman–Crippen LogP) is 4.31. The second kappa shape index (κ2) is 4.35. The van der Waals surface area contributed by atoms with Gasteiger partial charge < -0.3 is 5.11 Å². The van der Waals surface area contributed by atoms with Crippen LogP contribution in [0, 0.1) is 29.1 Å². The summed E-state index contributed by atoms with van der Waals surface area (Å²) in [4.78, 5) is 0. The lowest BCUT2D eigenvalue weighted by atomic mass is 9.51. The Morgan fingerprint density at radius 1 is 1.16 bits per heavy atom. The van der Waals surface area contributed by atoms with Crippen molar-refractivity contribution in [1.82, 2.24) is 0 Å². The zero-order valence-corrected chi connectivity index (χ0v) is 12.3. The first-order valence-corrected chi connectivity index (χ1v) is 8.56. The summed E-state index contributed by atoms with van der Waals surface area (Å²) in [6, 6.07) is 0. The number of allylic oxidation sites excluding steroid dienone is 1. The van der Waals surface area contributed by atoms with E-state index in [4.69, 9.17) is 0 Å². The first kappa shape index (κ1) is 12.4. The number of rotatable bonds is 0. The highest BCUT2D eigenvalue weighted by Crippen LogP contribution is 2.61. The van der Waals surface area contributed by atoms with Gasteiger partial charge in [-0.15, -0.1) is 0 Å². The summed E-state index contributed by atoms with van der Waals surface area (Å²) in [5.41, 5.74) is 2.19. The summed E-state index contributed by atoms with van der Waals surface area (Å²) in [5.74, 6) is 3.10. The number of aliphatic hydroxyl groups is 1. The third kappa shape index (κ3) is 1.77. The minimum atomic E-state index is -0.0340. The number of hydrogen-bond acceptors (Lipinski definition) is 1. The Balaban J connectivity index is 1.68. The second-order valence-electron chi connectivity index (χ2n) is 8.02. The maximum absolute atomic E-state index is 10.8. The van der Waals surface area contributed by atoms with E-state index in [-0.39, 0.29) is 6.10 Å². The molecule has 0 amide bonds. The molecule has 106 valence electrons. The molecule has 3 saturated carbocycles. The highest BCUT2D eigenvalue weighted by Gasteiger charge is 2.54. The van der Waals surface area contributed by atoms with Gasteiger partial charge in [0, 0.05) is 0 Å². The average molecular weight is 260 g/mol. The Bertz CT molecular complexity index is 398. The fourth-order valence-corrected chi connectivity index (χ4v) is 6.30. The molecule has 4 rings (SSSR count). The molecule has 1 N–H and O–H groups in total. The van der Waals surface area contributed by atoms with Crippen molar-refractivity contribution in [3.63, 3.8) is 0 Å². The molecule has 4 aliphatic rings. The normalized spacial score (nSPS) is 52.9. The molecule has 3 fully saturated rings. The van der Waals surface area contributed by atoms with Crippen molar-refractivity contribution in [2.24, 2.45) is 29.1 Å². The highest BCUT2D eigenvalue weighted by molar-refractivity contribution is 5.19. The van der Waals surface area contributed by atoms with Gasteiger partial charge in [-0.2, -0.15) is 0 Å². The lowest BCUT2D eigenvalue weighted by Gasteiger charge is -2.54. The fourth-order valence-electron chi connectivity index (χ4n) is 6.30. The molecule has 0 aromatic heterocycles. The topological polar surface area (TPSA) is 20.2 Å². The number of aliphatic hydroxyl groups excluding tert-OH is 1. The minimum absolute atomic E-state index is 0.0340. The van der Waals surface area contributed by atoms with E-state index in [0.29, 0.717) is 11.3 Å². The van der Waals surface area contributed by atoms with Crippen LogP contribution in [0.15, 0.2) is 11.6 Å². The molecule has 4 aliphatic carbocycles. The molecule has 0 radical (unpaired) electrons. The van der Waals surface area contributed by atoms with E-state index in [1.807, 2.05) is 0 Å².